The summed E-state index contributed by atoms with van der Waals surface area (Å²) < 4.78 is 9.29. The van der Waals surface area contributed by atoms with Crippen molar-refractivity contribution in [2.75, 3.05) is 14.1 Å². The molecule has 0 N–H and O–H groups in total. The molecule has 2 unspecified atom stereocenters. The molecule has 70 valence electrons. The van der Waals surface area contributed by atoms with Crippen LogP contribution in [0.4, 0.5) is 0 Å². The van der Waals surface area contributed by atoms with E-state index < -0.39 is 12.3 Å². The van der Waals surface area contributed by atoms with E-state index in [4.69, 9.17) is 0 Å². The highest BCUT2D eigenvalue weighted by Crippen LogP contribution is 2.03. The smallest absolute Gasteiger partial charge is 0.294 e. The van der Waals surface area contributed by atoms with Crippen molar-refractivity contribution in [1.29, 1.82) is 0 Å². The van der Waals surface area contributed by atoms with Gasteiger partial charge in [0.25, 0.3) is 12.9 Å². The molecular formula is C7H13NO4. The lowest BCUT2D eigenvalue weighted by Gasteiger charge is -2.26. The Labute approximate surface area is 71.2 Å². The Morgan fingerprint density at radius 2 is 1.67 bits per heavy atom. The average molecular weight is 175 g/mol. The molecule has 0 spiro atoms. The van der Waals surface area contributed by atoms with Gasteiger partial charge in [-0.15, -0.1) is 0 Å². The second kappa shape index (κ2) is 5.54. The summed E-state index contributed by atoms with van der Waals surface area (Å²) in [5.74, 6) is 0. The second-order valence-corrected chi connectivity index (χ2v) is 2.52. The number of hydrogen-bond acceptors (Lipinski definition) is 5. The average Bonchev–Trinajstić information content (AvgIpc) is 1.99. The number of carbonyl (C=O) groups is 2. The summed E-state index contributed by atoms with van der Waals surface area (Å²) in [5.41, 5.74) is 0. The topological polar surface area (TPSA) is 55.8 Å². The zero-order valence-corrected chi connectivity index (χ0v) is 7.39. The van der Waals surface area contributed by atoms with Crippen LogP contribution in [0.25, 0.3) is 0 Å². The number of ether oxygens (including phenoxy) is 2. The SMILES string of the molecule is CC(OC=O)C(OC=O)N(C)C. The Bertz CT molecular complexity index is 148. The number of likely N-dealkylation sites (N-methyl/N-ethyl adjacent to an activating group) is 1. The Hall–Kier alpha value is -1.10. The Morgan fingerprint density at radius 1 is 1.17 bits per heavy atom. The van der Waals surface area contributed by atoms with Crippen LogP contribution in [0.1, 0.15) is 6.92 Å². The third kappa shape index (κ3) is 3.34. The van der Waals surface area contributed by atoms with Gasteiger partial charge in [0, 0.05) is 0 Å². The molecule has 0 aliphatic rings. The molecule has 0 saturated carbocycles. The van der Waals surface area contributed by atoms with E-state index in [-0.39, 0.29) is 0 Å². The van der Waals surface area contributed by atoms with Gasteiger partial charge in [0.2, 0.25) is 0 Å². The van der Waals surface area contributed by atoms with Gasteiger partial charge in [-0.05, 0) is 21.0 Å². The van der Waals surface area contributed by atoms with Gasteiger partial charge in [0.05, 0.1) is 0 Å². The van der Waals surface area contributed by atoms with E-state index in [0.717, 1.165) is 0 Å². The molecular weight excluding hydrogens is 162 g/mol. The van der Waals surface area contributed by atoms with E-state index in [2.05, 4.69) is 9.47 Å². The molecule has 2 atom stereocenters. The van der Waals surface area contributed by atoms with Crippen LogP contribution in [-0.2, 0) is 19.1 Å². The summed E-state index contributed by atoms with van der Waals surface area (Å²) >= 11 is 0. The van der Waals surface area contributed by atoms with Gasteiger partial charge in [-0.1, -0.05) is 0 Å². The molecule has 0 amide bonds. The largest absolute Gasteiger partial charge is 0.459 e. The van der Waals surface area contributed by atoms with Crippen molar-refractivity contribution in [3.63, 3.8) is 0 Å². The van der Waals surface area contributed by atoms with E-state index in [1.165, 1.54) is 0 Å². The highest BCUT2D eigenvalue weighted by Gasteiger charge is 2.21. The molecule has 0 rings (SSSR count). The minimum absolute atomic E-state index is 0.329. The molecule has 0 aliphatic heterocycles. The molecule has 0 saturated heterocycles. The molecule has 0 heterocycles. The number of carbonyl (C=O) groups excluding carboxylic acids is 2. The van der Waals surface area contributed by atoms with Gasteiger partial charge in [-0.3, -0.25) is 14.5 Å². The van der Waals surface area contributed by atoms with E-state index in [1.54, 1.807) is 25.9 Å². The van der Waals surface area contributed by atoms with Crippen LogP contribution in [0.15, 0.2) is 0 Å². The highest BCUT2D eigenvalue weighted by atomic mass is 16.6. The summed E-state index contributed by atoms with van der Waals surface area (Å²) in [5, 5.41) is 0. The zero-order chi connectivity index (χ0) is 9.56. The molecule has 0 aromatic heterocycles. The van der Waals surface area contributed by atoms with Crippen molar-refractivity contribution in [3.8, 4) is 0 Å². The maximum Gasteiger partial charge on any atom is 0.294 e. The van der Waals surface area contributed by atoms with Crippen LogP contribution in [-0.4, -0.2) is 44.3 Å². The van der Waals surface area contributed by atoms with Crippen LogP contribution in [0.2, 0.25) is 0 Å². The Morgan fingerprint density at radius 3 is 2.00 bits per heavy atom. The standard InChI is InChI=1S/C7H13NO4/c1-6(11-4-9)7(8(2)3)12-5-10/h4-7H,1-3H3. The molecule has 5 heteroatoms. The van der Waals surface area contributed by atoms with Crippen molar-refractivity contribution in [1.82, 2.24) is 4.90 Å². The Kier molecular flexibility index (Phi) is 5.03. The molecule has 0 aromatic carbocycles. The molecule has 5 nitrogen and oxygen atoms in total. The first-order valence-corrected chi connectivity index (χ1v) is 3.48. The third-order valence-corrected chi connectivity index (χ3v) is 1.38. The molecule has 0 aromatic rings. The van der Waals surface area contributed by atoms with Gasteiger partial charge in [-0.25, -0.2) is 0 Å². The monoisotopic (exact) mass is 175 g/mol. The van der Waals surface area contributed by atoms with E-state index >= 15 is 0 Å². The lowest BCUT2D eigenvalue weighted by molar-refractivity contribution is -0.162. The van der Waals surface area contributed by atoms with Crippen molar-refractivity contribution < 1.29 is 19.1 Å². The predicted molar refractivity (Wildman–Crippen MR) is 41.2 cm³/mol. The molecule has 0 aliphatic carbocycles. The molecule has 0 fully saturated rings. The first kappa shape index (κ1) is 10.9. The van der Waals surface area contributed by atoms with Gasteiger partial charge in [0.15, 0.2) is 6.23 Å². The second-order valence-electron chi connectivity index (χ2n) is 2.52. The van der Waals surface area contributed by atoms with Gasteiger partial charge in [0.1, 0.15) is 6.10 Å². The van der Waals surface area contributed by atoms with Crippen molar-refractivity contribution in [3.05, 3.63) is 0 Å². The van der Waals surface area contributed by atoms with Crippen LogP contribution in [0.3, 0.4) is 0 Å². The minimum atomic E-state index is -0.535. The van der Waals surface area contributed by atoms with Crippen LogP contribution < -0.4 is 0 Å². The fourth-order valence-electron chi connectivity index (χ4n) is 0.864. The van der Waals surface area contributed by atoms with Crippen LogP contribution >= 0.6 is 0 Å². The van der Waals surface area contributed by atoms with Gasteiger partial charge < -0.3 is 9.47 Å². The summed E-state index contributed by atoms with van der Waals surface area (Å²) in [6.45, 7) is 2.30. The summed E-state index contributed by atoms with van der Waals surface area (Å²) in [6, 6.07) is 0. The summed E-state index contributed by atoms with van der Waals surface area (Å²) in [4.78, 5) is 21.6. The maximum atomic E-state index is 10.0. The molecule has 12 heavy (non-hydrogen) atoms. The van der Waals surface area contributed by atoms with Crippen molar-refractivity contribution >= 4 is 12.9 Å². The minimum Gasteiger partial charge on any atom is -0.459 e. The fraction of sp³-hybridized carbons (Fsp3) is 0.714. The lowest BCUT2D eigenvalue weighted by Crippen LogP contribution is -2.40. The first-order chi connectivity index (χ1) is 5.63. The fourth-order valence-corrected chi connectivity index (χ4v) is 0.864. The van der Waals surface area contributed by atoms with Gasteiger partial charge in [-0.2, -0.15) is 0 Å². The highest BCUT2D eigenvalue weighted by molar-refractivity contribution is 5.39. The predicted octanol–water partition coefficient (Wildman–Crippen LogP) is -0.391. The summed E-state index contributed by atoms with van der Waals surface area (Å²) in [6.07, 6.45) is -1.00. The first-order valence-electron chi connectivity index (χ1n) is 3.48. The quantitative estimate of drug-likeness (QED) is 0.406. The van der Waals surface area contributed by atoms with Crippen molar-refractivity contribution in [2.24, 2.45) is 0 Å². The maximum absolute atomic E-state index is 10.0. The van der Waals surface area contributed by atoms with Crippen LogP contribution in [0.5, 0.6) is 0 Å². The van der Waals surface area contributed by atoms with Crippen molar-refractivity contribution in [2.45, 2.75) is 19.3 Å². The van der Waals surface area contributed by atoms with E-state index in [0.29, 0.717) is 12.9 Å². The van der Waals surface area contributed by atoms with Gasteiger partial charge >= 0.3 is 0 Å². The van der Waals surface area contributed by atoms with E-state index in [1.807, 2.05) is 0 Å². The van der Waals surface area contributed by atoms with Crippen LogP contribution in [0, 0.1) is 0 Å². The number of hydrogen-bond donors (Lipinski definition) is 0. The molecule has 0 radical (unpaired) electrons. The van der Waals surface area contributed by atoms with E-state index in [9.17, 15) is 9.59 Å². The third-order valence-electron chi connectivity index (χ3n) is 1.38. The lowest BCUT2D eigenvalue weighted by atomic mass is 10.3. The Balaban J connectivity index is 4.07. The zero-order valence-electron chi connectivity index (χ0n) is 7.39. The number of nitrogens with zero attached hydrogens (tertiary/aromatic N) is 1. The normalized spacial score (nSPS) is 15.0. The summed E-state index contributed by atoms with van der Waals surface area (Å²) in [7, 11) is 3.44. The number of rotatable bonds is 6. The molecule has 0 bridgehead atoms.